The molecule has 9 nitrogen and oxygen atoms in total. The van der Waals surface area contributed by atoms with Crippen molar-refractivity contribution in [3.8, 4) is 0 Å². The Morgan fingerprint density at radius 1 is 0.857 bits per heavy atom. The largest absolute Gasteiger partial charge is 0.469 e. The Bertz CT molecular complexity index is 1830. The quantitative estimate of drug-likeness (QED) is 0.133. The number of ether oxygens (including phenoxy) is 1. The summed E-state index contributed by atoms with van der Waals surface area (Å²) in [6, 6.07) is 25.4. The van der Waals surface area contributed by atoms with Crippen molar-refractivity contribution in [2.24, 2.45) is 0 Å². The van der Waals surface area contributed by atoms with E-state index in [-0.39, 0.29) is 30.9 Å². The van der Waals surface area contributed by atoms with Gasteiger partial charge in [-0.3, -0.25) is 14.4 Å². The van der Waals surface area contributed by atoms with Gasteiger partial charge in [-0.15, -0.1) is 0 Å². The molecule has 10 heteroatoms. The molecule has 6 rings (SSSR count). The van der Waals surface area contributed by atoms with Crippen molar-refractivity contribution in [2.75, 3.05) is 24.4 Å². The topological polar surface area (TPSA) is 129 Å². The predicted molar refractivity (Wildman–Crippen MR) is 191 cm³/mol. The molecule has 4 aromatic rings. The third-order valence-electron chi connectivity index (χ3n) is 9.31. The van der Waals surface area contributed by atoms with Crippen LogP contribution in [0.1, 0.15) is 51.4 Å². The van der Waals surface area contributed by atoms with E-state index in [1.807, 2.05) is 49.4 Å². The SMILES string of the molecule is COC(=O)CC(NC(=O)C1Cc2cc(Cc3cccc4c3NC(C(=O)N[C@H](CO)Cc3ccccc3)C4)cc(C)c2N1)c1ccc(Cl)cc1. The van der Waals surface area contributed by atoms with Crippen molar-refractivity contribution in [1.29, 1.82) is 0 Å². The van der Waals surface area contributed by atoms with Gasteiger partial charge in [-0.05, 0) is 70.8 Å². The number of rotatable bonds is 12. The van der Waals surface area contributed by atoms with E-state index in [2.05, 4.69) is 39.5 Å². The van der Waals surface area contributed by atoms with E-state index in [1.165, 1.54) is 7.11 Å². The number of anilines is 2. The lowest BCUT2D eigenvalue weighted by Crippen LogP contribution is -2.46. The van der Waals surface area contributed by atoms with E-state index in [4.69, 9.17) is 16.3 Å². The zero-order valence-corrected chi connectivity index (χ0v) is 28.3. The summed E-state index contributed by atoms with van der Waals surface area (Å²) in [6.07, 6.45) is 2.28. The van der Waals surface area contributed by atoms with E-state index in [0.29, 0.717) is 30.7 Å². The highest BCUT2D eigenvalue weighted by atomic mass is 35.5. The van der Waals surface area contributed by atoms with Crippen molar-refractivity contribution in [3.05, 3.63) is 129 Å². The number of amides is 2. The Balaban J connectivity index is 1.11. The standard InChI is InChI=1S/C39H41ClN4O5/c1-23-15-25(17-29-20-34(42-36(23)29)39(48)44-32(21-35(46)49-2)26-11-13-30(40)14-12-26)16-27-9-6-10-28-19-33(43-37(27)28)38(47)41-31(22-45)18-24-7-4-3-5-8-24/h3-15,17,31-34,42-43,45H,16,18-22H2,1-2H3,(H,41,47)(H,44,48)/t31-,32?,33?,34?/m0/s1. The molecule has 3 unspecified atom stereocenters. The number of fused-ring (bicyclic) bond motifs is 2. The zero-order chi connectivity index (χ0) is 34.5. The van der Waals surface area contributed by atoms with Crippen LogP contribution in [0.2, 0.25) is 5.02 Å². The second kappa shape index (κ2) is 15.1. The molecule has 2 heterocycles. The lowest BCUT2D eigenvalue weighted by atomic mass is 9.96. The maximum atomic E-state index is 13.5. The molecule has 4 aromatic carbocycles. The van der Waals surface area contributed by atoms with Gasteiger partial charge in [-0.2, -0.15) is 0 Å². The smallest absolute Gasteiger partial charge is 0.307 e. The average molecular weight is 681 g/mol. The van der Waals surface area contributed by atoms with Gasteiger partial charge < -0.3 is 31.1 Å². The van der Waals surface area contributed by atoms with Crippen LogP contribution < -0.4 is 21.3 Å². The third kappa shape index (κ3) is 8.07. The number of hydrogen-bond donors (Lipinski definition) is 5. The minimum atomic E-state index is -0.559. The Kier molecular flexibility index (Phi) is 10.5. The van der Waals surface area contributed by atoms with Gasteiger partial charge in [0.25, 0.3) is 0 Å². The first-order valence-corrected chi connectivity index (χ1v) is 16.9. The fourth-order valence-corrected chi connectivity index (χ4v) is 6.95. The maximum Gasteiger partial charge on any atom is 0.307 e. The Morgan fingerprint density at radius 2 is 1.55 bits per heavy atom. The Labute approximate surface area is 291 Å². The summed E-state index contributed by atoms with van der Waals surface area (Å²) in [6.45, 7) is 1.89. The van der Waals surface area contributed by atoms with Crippen LogP contribution in [0.25, 0.3) is 0 Å². The van der Waals surface area contributed by atoms with Crippen molar-refractivity contribution in [3.63, 3.8) is 0 Å². The number of aliphatic hydroxyl groups excluding tert-OH is 1. The van der Waals surface area contributed by atoms with Crippen LogP contribution in [0.4, 0.5) is 11.4 Å². The van der Waals surface area contributed by atoms with E-state index >= 15 is 0 Å². The number of para-hydroxylation sites is 1. The van der Waals surface area contributed by atoms with Gasteiger partial charge in [0.2, 0.25) is 11.8 Å². The monoisotopic (exact) mass is 680 g/mol. The second-order valence-electron chi connectivity index (χ2n) is 12.8. The number of halogens is 1. The van der Waals surface area contributed by atoms with Crippen LogP contribution in [-0.4, -0.2) is 54.7 Å². The van der Waals surface area contributed by atoms with Crippen LogP contribution in [0, 0.1) is 6.92 Å². The summed E-state index contributed by atoms with van der Waals surface area (Å²) in [5.41, 5.74) is 9.11. The van der Waals surface area contributed by atoms with Crippen molar-refractivity contribution in [1.82, 2.24) is 10.6 Å². The number of nitrogens with one attached hydrogen (secondary N) is 4. The second-order valence-corrected chi connectivity index (χ2v) is 13.3. The minimum Gasteiger partial charge on any atom is -0.469 e. The Morgan fingerprint density at radius 3 is 2.27 bits per heavy atom. The van der Waals surface area contributed by atoms with Gasteiger partial charge in [0.15, 0.2) is 0 Å². The van der Waals surface area contributed by atoms with Crippen molar-refractivity contribution >= 4 is 40.8 Å². The molecule has 0 saturated carbocycles. The van der Waals surface area contributed by atoms with Gasteiger partial charge in [-0.1, -0.05) is 84.4 Å². The van der Waals surface area contributed by atoms with Crippen LogP contribution in [0.15, 0.2) is 84.9 Å². The molecule has 0 aliphatic carbocycles. The molecule has 0 spiro atoms. The highest BCUT2D eigenvalue weighted by Crippen LogP contribution is 2.35. The van der Waals surface area contributed by atoms with E-state index < -0.39 is 24.1 Å². The highest BCUT2D eigenvalue weighted by Gasteiger charge is 2.32. The van der Waals surface area contributed by atoms with Crippen LogP contribution in [-0.2, 0) is 44.8 Å². The van der Waals surface area contributed by atoms with Gasteiger partial charge in [0.05, 0.1) is 32.2 Å². The molecule has 2 aliphatic rings. The molecule has 0 bridgehead atoms. The molecule has 2 aliphatic heterocycles. The number of benzene rings is 4. The number of methoxy groups -OCH3 is 1. The molecule has 0 saturated heterocycles. The summed E-state index contributed by atoms with van der Waals surface area (Å²) in [5, 5.41) is 23.4. The van der Waals surface area contributed by atoms with Gasteiger partial charge in [0.1, 0.15) is 12.1 Å². The van der Waals surface area contributed by atoms with E-state index in [0.717, 1.165) is 50.3 Å². The zero-order valence-electron chi connectivity index (χ0n) is 27.6. The number of hydrogen-bond acceptors (Lipinski definition) is 7. The summed E-state index contributed by atoms with van der Waals surface area (Å²) >= 11 is 6.06. The fourth-order valence-electron chi connectivity index (χ4n) is 6.82. The van der Waals surface area contributed by atoms with Crippen molar-refractivity contribution in [2.45, 2.75) is 63.2 Å². The average Bonchev–Trinajstić information content (AvgIpc) is 3.75. The van der Waals surface area contributed by atoms with Crippen LogP contribution >= 0.6 is 11.6 Å². The molecule has 0 radical (unpaired) electrons. The predicted octanol–water partition coefficient (Wildman–Crippen LogP) is 5.05. The summed E-state index contributed by atoms with van der Waals surface area (Å²) in [7, 11) is 1.33. The number of esters is 1. The number of carbonyl (C=O) groups is 3. The molecule has 5 N–H and O–H groups in total. The van der Waals surface area contributed by atoms with Crippen LogP contribution in [0.5, 0.6) is 0 Å². The molecular formula is C39H41ClN4O5. The van der Waals surface area contributed by atoms with E-state index in [1.54, 1.807) is 24.3 Å². The highest BCUT2D eigenvalue weighted by molar-refractivity contribution is 6.30. The normalized spacial score (nSPS) is 17.1. The molecule has 2 amide bonds. The minimum absolute atomic E-state index is 0.000367. The summed E-state index contributed by atoms with van der Waals surface area (Å²) in [4.78, 5) is 38.9. The fraction of sp³-hybridized carbons (Fsp3) is 0.308. The molecule has 0 fully saturated rings. The third-order valence-corrected chi connectivity index (χ3v) is 9.56. The van der Waals surface area contributed by atoms with E-state index in [9.17, 15) is 19.5 Å². The summed E-state index contributed by atoms with van der Waals surface area (Å²) in [5.74, 6) is -0.761. The number of aliphatic hydroxyl groups is 1. The number of carbonyl (C=O) groups excluding carboxylic acids is 3. The summed E-state index contributed by atoms with van der Waals surface area (Å²) < 4.78 is 4.88. The van der Waals surface area contributed by atoms with Gasteiger partial charge in [-0.25, -0.2) is 0 Å². The van der Waals surface area contributed by atoms with Crippen molar-refractivity contribution < 1.29 is 24.2 Å². The first-order chi connectivity index (χ1) is 23.7. The van der Waals surface area contributed by atoms with Gasteiger partial charge in [0, 0.05) is 29.2 Å². The first kappa shape index (κ1) is 34.0. The maximum absolute atomic E-state index is 13.5. The van der Waals surface area contributed by atoms with Crippen LogP contribution in [0.3, 0.4) is 0 Å². The lowest BCUT2D eigenvalue weighted by Gasteiger charge is -2.21. The Hall–Kier alpha value is -4.86. The molecule has 4 atom stereocenters. The lowest BCUT2D eigenvalue weighted by molar-refractivity contribution is -0.141. The molecule has 254 valence electrons. The molecule has 49 heavy (non-hydrogen) atoms. The van der Waals surface area contributed by atoms with Gasteiger partial charge >= 0.3 is 5.97 Å². The first-order valence-electron chi connectivity index (χ1n) is 16.5. The molecule has 0 aromatic heterocycles. The molecular weight excluding hydrogens is 640 g/mol. The number of aryl methyl sites for hydroxylation is 1.